The first-order valence-corrected chi connectivity index (χ1v) is 9.44. The molecule has 0 aromatic heterocycles. The molecule has 1 aromatic carbocycles. The van der Waals surface area contributed by atoms with Gasteiger partial charge in [0.1, 0.15) is 11.4 Å². The Morgan fingerprint density at radius 1 is 1.15 bits per heavy atom. The first-order chi connectivity index (χ1) is 12.5. The minimum absolute atomic E-state index is 0.0201. The maximum Gasteiger partial charge on any atom is 0.260 e. The number of carbonyl (C=O) groups is 2. The Kier molecular flexibility index (Phi) is 7.45. The molecule has 1 heterocycles. The van der Waals surface area contributed by atoms with Gasteiger partial charge in [0.25, 0.3) is 11.8 Å². The summed E-state index contributed by atoms with van der Waals surface area (Å²) in [4.78, 5) is 26.3. The molecule has 0 spiro atoms. The molecule has 144 valence electrons. The quantitative estimate of drug-likeness (QED) is 0.732. The van der Waals surface area contributed by atoms with Gasteiger partial charge in [-0.3, -0.25) is 9.59 Å². The predicted octanol–water partition coefficient (Wildman–Crippen LogP) is 3.22. The highest BCUT2D eigenvalue weighted by molar-refractivity contribution is 5.97. The number of anilines is 1. The Bertz CT molecular complexity index is 596. The van der Waals surface area contributed by atoms with Crippen molar-refractivity contribution in [1.29, 1.82) is 0 Å². The minimum atomic E-state index is -0.840. The summed E-state index contributed by atoms with van der Waals surface area (Å²) in [5.41, 5.74) is -0.166. The van der Waals surface area contributed by atoms with E-state index in [1.807, 2.05) is 18.7 Å². The summed E-state index contributed by atoms with van der Waals surface area (Å²) in [5.74, 6) is 0.467. The van der Waals surface area contributed by atoms with Crippen molar-refractivity contribution >= 4 is 17.5 Å². The smallest absolute Gasteiger partial charge is 0.260 e. The second-order valence-corrected chi connectivity index (χ2v) is 6.79. The predicted molar refractivity (Wildman–Crippen MR) is 101 cm³/mol. The molecule has 1 aliphatic heterocycles. The van der Waals surface area contributed by atoms with Crippen molar-refractivity contribution in [3.8, 4) is 5.75 Å². The van der Waals surface area contributed by atoms with E-state index < -0.39 is 5.60 Å². The molecule has 0 bridgehead atoms. The highest BCUT2D eigenvalue weighted by atomic mass is 16.5. The normalized spacial score (nSPS) is 16.2. The van der Waals surface area contributed by atoms with E-state index in [2.05, 4.69) is 5.32 Å². The van der Waals surface area contributed by atoms with E-state index in [-0.39, 0.29) is 18.4 Å². The lowest BCUT2D eigenvalue weighted by atomic mass is 10.0. The summed E-state index contributed by atoms with van der Waals surface area (Å²) in [6, 6.07) is 7.04. The largest absolute Gasteiger partial charge is 0.484 e. The van der Waals surface area contributed by atoms with Crippen LogP contribution in [-0.4, -0.2) is 48.6 Å². The number of hydrogen-bond acceptors (Lipinski definition) is 4. The van der Waals surface area contributed by atoms with Crippen LogP contribution in [0.4, 0.5) is 5.69 Å². The van der Waals surface area contributed by atoms with Crippen LogP contribution in [0.2, 0.25) is 0 Å². The molecule has 1 atom stereocenters. The van der Waals surface area contributed by atoms with Crippen LogP contribution in [0.15, 0.2) is 24.3 Å². The van der Waals surface area contributed by atoms with Crippen LogP contribution in [-0.2, 0) is 14.3 Å². The molecule has 1 N–H and O–H groups in total. The van der Waals surface area contributed by atoms with Crippen LogP contribution in [0.3, 0.4) is 0 Å². The fourth-order valence-corrected chi connectivity index (χ4v) is 2.76. The molecule has 6 nitrogen and oxygen atoms in total. The Labute approximate surface area is 155 Å². The van der Waals surface area contributed by atoms with Crippen molar-refractivity contribution < 1.29 is 19.1 Å². The number of ether oxygens (including phenoxy) is 2. The molecule has 1 saturated heterocycles. The van der Waals surface area contributed by atoms with Gasteiger partial charge in [0, 0.05) is 25.4 Å². The Balaban J connectivity index is 1.86. The lowest BCUT2D eigenvalue weighted by Crippen LogP contribution is -2.42. The SMILES string of the molecule is CCCOC(C)(CC)C(=O)Nc1ccc(OCC(=O)N2CCCC2)cc1. The molecule has 1 aromatic rings. The van der Waals surface area contributed by atoms with E-state index in [1.165, 1.54) is 0 Å². The van der Waals surface area contributed by atoms with Crippen LogP contribution in [0.5, 0.6) is 5.75 Å². The maximum atomic E-state index is 12.5. The van der Waals surface area contributed by atoms with Gasteiger partial charge in [-0.25, -0.2) is 0 Å². The average molecular weight is 362 g/mol. The summed E-state index contributed by atoms with van der Waals surface area (Å²) in [6.45, 7) is 8.00. The third-order valence-electron chi connectivity index (χ3n) is 4.71. The molecule has 2 rings (SSSR count). The zero-order valence-corrected chi connectivity index (χ0v) is 16.0. The molecular formula is C20H30N2O4. The van der Waals surface area contributed by atoms with E-state index in [0.717, 1.165) is 32.4 Å². The molecule has 6 heteroatoms. The van der Waals surface area contributed by atoms with Crippen molar-refractivity contribution in [2.24, 2.45) is 0 Å². The number of nitrogens with one attached hydrogen (secondary N) is 1. The number of benzene rings is 1. The fraction of sp³-hybridized carbons (Fsp3) is 0.600. The number of carbonyl (C=O) groups excluding carboxylic acids is 2. The van der Waals surface area contributed by atoms with Gasteiger partial charge in [0.15, 0.2) is 6.61 Å². The van der Waals surface area contributed by atoms with Gasteiger partial charge in [-0.15, -0.1) is 0 Å². The van der Waals surface area contributed by atoms with Gasteiger partial charge < -0.3 is 19.7 Å². The summed E-state index contributed by atoms with van der Waals surface area (Å²) in [5, 5.41) is 2.88. The molecule has 1 aliphatic rings. The van der Waals surface area contributed by atoms with Crippen LogP contribution in [0.25, 0.3) is 0 Å². The molecule has 2 amide bonds. The molecule has 0 aliphatic carbocycles. The van der Waals surface area contributed by atoms with E-state index in [4.69, 9.17) is 9.47 Å². The molecule has 1 unspecified atom stereocenters. The third kappa shape index (κ3) is 5.46. The zero-order chi connectivity index (χ0) is 19.0. The number of nitrogens with zero attached hydrogens (tertiary/aromatic N) is 1. The van der Waals surface area contributed by atoms with Gasteiger partial charge in [0.2, 0.25) is 0 Å². The van der Waals surface area contributed by atoms with Crippen molar-refractivity contribution in [2.75, 3.05) is 31.6 Å². The number of likely N-dealkylation sites (tertiary alicyclic amines) is 1. The van der Waals surface area contributed by atoms with E-state index >= 15 is 0 Å². The average Bonchev–Trinajstić information content (AvgIpc) is 3.20. The van der Waals surface area contributed by atoms with Crippen LogP contribution in [0, 0.1) is 0 Å². The first-order valence-electron chi connectivity index (χ1n) is 9.44. The standard InChI is InChI=1S/C20H30N2O4/c1-4-14-26-20(3,5-2)19(24)21-16-8-10-17(11-9-16)25-15-18(23)22-12-6-7-13-22/h8-11H,4-7,12-15H2,1-3H3,(H,21,24). The van der Waals surface area contributed by atoms with Gasteiger partial charge in [-0.1, -0.05) is 13.8 Å². The van der Waals surface area contributed by atoms with Crippen molar-refractivity contribution in [1.82, 2.24) is 4.90 Å². The monoisotopic (exact) mass is 362 g/mol. The fourth-order valence-electron chi connectivity index (χ4n) is 2.76. The number of rotatable bonds is 9. The second-order valence-electron chi connectivity index (χ2n) is 6.79. The summed E-state index contributed by atoms with van der Waals surface area (Å²) >= 11 is 0. The van der Waals surface area contributed by atoms with Crippen LogP contribution < -0.4 is 10.1 Å². The molecule has 26 heavy (non-hydrogen) atoms. The molecular weight excluding hydrogens is 332 g/mol. The van der Waals surface area contributed by atoms with Gasteiger partial charge >= 0.3 is 0 Å². The molecule has 1 fully saturated rings. The number of amides is 2. The van der Waals surface area contributed by atoms with Crippen molar-refractivity contribution in [3.05, 3.63) is 24.3 Å². The lowest BCUT2D eigenvalue weighted by molar-refractivity contribution is -0.139. The Hall–Kier alpha value is -2.08. The van der Waals surface area contributed by atoms with Gasteiger partial charge in [-0.05, 0) is 56.9 Å². The Morgan fingerprint density at radius 3 is 2.38 bits per heavy atom. The topological polar surface area (TPSA) is 67.9 Å². The second kappa shape index (κ2) is 9.57. The number of hydrogen-bond donors (Lipinski definition) is 1. The highest BCUT2D eigenvalue weighted by Crippen LogP contribution is 2.21. The van der Waals surface area contributed by atoms with E-state index in [9.17, 15) is 9.59 Å². The van der Waals surface area contributed by atoms with Gasteiger partial charge in [0.05, 0.1) is 0 Å². The lowest BCUT2D eigenvalue weighted by Gasteiger charge is -2.27. The Morgan fingerprint density at radius 2 is 1.81 bits per heavy atom. The van der Waals surface area contributed by atoms with Crippen LogP contribution in [0.1, 0.15) is 46.5 Å². The first kappa shape index (κ1) is 20.2. The van der Waals surface area contributed by atoms with Gasteiger partial charge in [-0.2, -0.15) is 0 Å². The van der Waals surface area contributed by atoms with E-state index in [0.29, 0.717) is 24.5 Å². The minimum Gasteiger partial charge on any atom is -0.484 e. The highest BCUT2D eigenvalue weighted by Gasteiger charge is 2.32. The summed E-state index contributed by atoms with van der Waals surface area (Å²) < 4.78 is 11.3. The zero-order valence-electron chi connectivity index (χ0n) is 16.0. The summed E-state index contributed by atoms with van der Waals surface area (Å²) in [7, 11) is 0. The van der Waals surface area contributed by atoms with Crippen molar-refractivity contribution in [2.45, 2.75) is 52.1 Å². The van der Waals surface area contributed by atoms with Crippen LogP contribution >= 0.6 is 0 Å². The van der Waals surface area contributed by atoms with Crippen molar-refractivity contribution in [3.63, 3.8) is 0 Å². The third-order valence-corrected chi connectivity index (χ3v) is 4.71. The maximum absolute atomic E-state index is 12.5. The molecule has 0 saturated carbocycles. The summed E-state index contributed by atoms with van der Waals surface area (Å²) in [6.07, 6.45) is 3.60. The molecule has 0 radical (unpaired) electrons. The van der Waals surface area contributed by atoms with E-state index in [1.54, 1.807) is 31.2 Å².